The lowest BCUT2D eigenvalue weighted by atomic mass is 10.0. The van der Waals surface area contributed by atoms with E-state index >= 15 is 0 Å². The molecule has 1 rings (SSSR count). The molecule has 1 aromatic heterocycles. The van der Waals surface area contributed by atoms with Gasteiger partial charge in [-0.15, -0.1) is 11.3 Å². The number of rotatable bonds is 4. The summed E-state index contributed by atoms with van der Waals surface area (Å²) in [5.41, 5.74) is 1.78. The highest BCUT2D eigenvalue weighted by Gasteiger charge is 2.21. The minimum atomic E-state index is -0.782. The Labute approximate surface area is 87.8 Å². The Hall–Kier alpha value is -1.03. The molecule has 0 aromatic carbocycles. The van der Waals surface area contributed by atoms with E-state index in [1.165, 1.54) is 0 Å². The summed E-state index contributed by atoms with van der Waals surface area (Å²) in [4.78, 5) is 10.6. The maximum atomic E-state index is 10.6. The average Bonchev–Trinajstić information content (AvgIpc) is 2.32. The highest BCUT2D eigenvalue weighted by Crippen LogP contribution is 2.24. The summed E-state index contributed by atoms with van der Waals surface area (Å²) in [6, 6.07) is 0. The van der Waals surface area contributed by atoms with Crippen LogP contribution in [0.4, 0.5) is 5.69 Å². The molecular formula is C10H15NO2S. The first kappa shape index (κ1) is 11.0. The lowest BCUT2D eigenvalue weighted by molar-refractivity contribution is -0.137. The number of carboxylic acids is 1. The fraction of sp³-hybridized carbons (Fsp3) is 0.500. The SMILES string of the molecule is Cc1cscc1NC(C)(C)CC(=O)O. The summed E-state index contributed by atoms with van der Waals surface area (Å²) in [7, 11) is 0. The van der Waals surface area contributed by atoms with E-state index in [0.717, 1.165) is 11.3 Å². The van der Waals surface area contributed by atoms with E-state index in [-0.39, 0.29) is 6.42 Å². The normalized spacial score (nSPS) is 11.4. The van der Waals surface area contributed by atoms with E-state index in [1.807, 2.05) is 31.5 Å². The summed E-state index contributed by atoms with van der Waals surface area (Å²) in [5.74, 6) is -0.782. The highest BCUT2D eigenvalue weighted by molar-refractivity contribution is 7.08. The van der Waals surface area contributed by atoms with E-state index in [9.17, 15) is 4.79 Å². The Balaban J connectivity index is 2.68. The number of aliphatic carboxylic acids is 1. The fourth-order valence-corrected chi connectivity index (χ4v) is 2.06. The molecule has 78 valence electrons. The minimum Gasteiger partial charge on any atom is -0.481 e. The van der Waals surface area contributed by atoms with Gasteiger partial charge >= 0.3 is 5.97 Å². The zero-order chi connectivity index (χ0) is 10.8. The Bertz CT molecular complexity index is 331. The van der Waals surface area contributed by atoms with E-state index in [0.29, 0.717) is 0 Å². The Morgan fingerprint density at radius 2 is 2.21 bits per heavy atom. The molecule has 2 N–H and O–H groups in total. The molecule has 0 fully saturated rings. The van der Waals surface area contributed by atoms with E-state index in [2.05, 4.69) is 5.32 Å². The van der Waals surface area contributed by atoms with Gasteiger partial charge in [0.05, 0.1) is 6.42 Å². The van der Waals surface area contributed by atoms with Crippen molar-refractivity contribution in [3.05, 3.63) is 16.3 Å². The summed E-state index contributed by atoms with van der Waals surface area (Å²) in [6.07, 6.45) is 0.113. The zero-order valence-corrected chi connectivity index (χ0v) is 9.44. The number of aryl methyl sites for hydroxylation is 1. The summed E-state index contributed by atoms with van der Waals surface area (Å²) >= 11 is 1.62. The molecule has 14 heavy (non-hydrogen) atoms. The number of anilines is 1. The molecule has 0 aliphatic carbocycles. The first-order valence-corrected chi connectivity index (χ1v) is 5.38. The standard InChI is InChI=1S/C10H15NO2S/c1-7-5-14-6-8(7)11-10(2,3)4-9(12)13/h5-6,11H,4H2,1-3H3,(H,12,13). The molecule has 0 saturated carbocycles. The molecule has 0 amide bonds. The Morgan fingerprint density at radius 3 is 2.64 bits per heavy atom. The van der Waals surface area contributed by atoms with Crippen LogP contribution in [0.1, 0.15) is 25.8 Å². The topological polar surface area (TPSA) is 49.3 Å². The molecule has 0 saturated heterocycles. The zero-order valence-electron chi connectivity index (χ0n) is 8.63. The van der Waals surface area contributed by atoms with Gasteiger partial charge in [0, 0.05) is 16.6 Å². The third-order valence-electron chi connectivity index (χ3n) is 1.92. The summed E-state index contributed by atoms with van der Waals surface area (Å²) in [6.45, 7) is 5.78. The molecule has 0 atom stereocenters. The van der Waals surface area contributed by atoms with Crippen LogP contribution in [0.3, 0.4) is 0 Å². The Morgan fingerprint density at radius 1 is 1.57 bits per heavy atom. The fourth-order valence-electron chi connectivity index (χ4n) is 1.28. The first-order chi connectivity index (χ1) is 6.41. The maximum absolute atomic E-state index is 10.6. The van der Waals surface area contributed by atoms with Gasteiger partial charge < -0.3 is 10.4 Å². The largest absolute Gasteiger partial charge is 0.481 e. The molecule has 0 unspecified atom stereocenters. The molecule has 0 bridgehead atoms. The molecule has 0 radical (unpaired) electrons. The second-order valence-electron chi connectivity index (χ2n) is 4.05. The molecule has 0 aliphatic rings. The summed E-state index contributed by atoms with van der Waals surface area (Å²) < 4.78 is 0. The van der Waals surface area contributed by atoms with Crippen LogP contribution >= 0.6 is 11.3 Å². The third-order valence-corrected chi connectivity index (χ3v) is 2.78. The van der Waals surface area contributed by atoms with Gasteiger partial charge in [0.15, 0.2) is 0 Å². The van der Waals surface area contributed by atoms with E-state index < -0.39 is 11.5 Å². The van der Waals surface area contributed by atoms with Gasteiger partial charge in [0.1, 0.15) is 0 Å². The van der Waals surface area contributed by atoms with Crippen molar-refractivity contribution in [2.24, 2.45) is 0 Å². The van der Waals surface area contributed by atoms with Gasteiger partial charge in [-0.25, -0.2) is 0 Å². The molecular weight excluding hydrogens is 198 g/mol. The maximum Gasteiger partial charge on any atom is 0.305 e. The van der Waals surface area contributed by atoms with Crippen LogP contribution in [-0.4, -0.2) is 16.6 Å². The number of nitrogens with one attached hydrogen (secondary N) is 1. The smallest absolute Gasteiger partial charge is 0.305 e. The van der Waals surface area contributed by atoms with Crippen molar-refractivity contribution in [2.75, 3.05) is 5.32 Å². The molecule has 3 nitrogen and oxygen atoms in total. The lowest BCUT2D eigenvalue weighted by Gasteiger charge is -2.25. The predicted octanol–water partition coefficient (Wildman–Crippen LogP) is 2.72. The lowest BCUT2D eigenvalue weighted by Crippen LogP contribution is -2.33. The van der Waals surface area contributed by atoms with Crippen LogP contribution in [0.2, 0.25) is 0 Å². The van der Waals surface area contributed by atoms with Crippen molar-refractivity contribution < 1.29 is 9.90 Å². The molecule has 1 aromatic rings. The van der Waals surface area contributed by atoms with Crippen LogP contribution in [0.5, 0.6) is 0 Å². The van der Waals surface area contributed by atoms with Crippen molar-refractivity contribution in [2.45, 2.75) is 32.7 Å². The van der Waals surface area contributed by atoms with Gasteiger partial charge in [-0.3, -0.25) is 4.79 Å². The van der Waals surface area contributed by atoms with Crippen LogP contribution < -0.4 is 5.32 Å². The molecule has 4 heteroatoms. The number of carbonyl (C=O) groups is 1. The van der Waals surface area contributed by atoms with Crippen molar-refractivity contribution in [1.29, 1.82) is 0 Å². The predicted molar refractivity (Wildman–Crippen MR) is 59.0 cm³/mol. The van der Waals surface area contributed by atoms with Crippen LogP contribution in [0, 0.1) is 6.92 Å². The number of hydrogen-bond donors (Lipinski definition) is 2. The number of carboxylic acid groups (broad SMARTS) is 1. The monoisotopic (exact) mass is 213 g/mol. The molecule has 0 aliphatic heterocycles. The number of thiophene rings is 1. The van der Waals surface area contributed by atoms with E-state index in [4.69, 9.17) is 5.11 Å². The van der Waals surface area contributed by atoms with E-state index in [1.54, 1.807) is 11.3 Å². The van der Waals surface area contributed by atoms with Gasteiger partial charge in [-0.1, -0.05) is 0 Å². The molecule has 1 heterocycles. The van der Waals surface area contributed by atoms with Gasteiger partial charge in [-0.05, 0) is 31.7 Å². The van der Waals surface area contributed by atoms with Gasteiger partial charge in [-0.2, -0.15) is 0 Å². The first-order valence-electron chi connectivity index (χ1n) is 4.43. The average molecular weight is 213 g/mol. The third kappa shape index (κ3) is 3.03. The van der Waals surface area contributed by atoms with Crippen LogP contribution in [0.25, 0.3) is 0 Å². The van der Waals surface area contributed by atoms with Crippen molar-refractivity contribution in [3.8, 4) is 0 Å². The van der Waals surface area contributed by atoms with Gasteiger partial charge in [0.25, 0.3) is 0 Å². The Kier molecular flexibility index (Phi) is 3.16. The second-order valence-corrected chi connectivity index (χ2v) is 4.79. The quantitative estimate of drug-likeness (QED) is 0.808. The molecule has 0 spiro atoms. The minimum absolute atomic E-state index is 0.113. The van der Waals surface area contributed by atoms with Crippen molar-refractivity contribution >= 4 is 23.0 Å². The van der Waals surface area contributed by atoms with Crippen LogP contribution in [-0.2, 0) is 4.79 Å². The van der Waals surface area contributed by atoms with Crippen molar-refractivity contribution in [3.63, 3.8) is 0 Å². The van der Waals surface area contributed by atoms with Crippen molar-refractivity contribution in [1.82, 2.24) is 0 Å². The van der Waals surface area contributed by atoms with Gasteiger partial charge in [0.2, 0.25) is 0 Å². The second kappa shape index (κ2) is 4.00. The number of hydrogen-bond acceptors (Lipinski definition) is 3. The summed E-state index contributed by atoms with van der Waals surface area (Å²) in [5, 5.41) is 16.0. The van der Waals surface area contributed by atoms with Crippen LogP contribution in [0.15, 0.2) is 10.8 Å². The highest BCUT2D eigenvalue weighted by atomic mass is 32.1.